The minimum absolute atomic E-state index is 0.0889. The molecule has 6 atom stereocenters. The van der Waals surface area contributed by atoms with Crippen molar-refractivity contribution in [3.05, 3.63) is 144 Å². The number of hydrogen-bond donors (Lipinski definition) is 3. The average molecular weight is 555 g/mol. The van der Waals surface area contributed by atoms with E-state index >= 15 is 0 Å². The predicted octanol–water partition coefficient (Wildman–Crippen LogP) is 4.00. The van der Waals surface area contributed by atoms with E-state index in [2.05, 4.69) is 0 Å². The Labute approximate surface area is 239 Å². The van der Waals surface area contributed by atoms with Crippen molar-refractivity contribution >= 4 is 5.97 Å². The average Bonchev–Trinajstić information content (AvgIpc) is 3.02. The summed E-state index contributed by atoms with van der Waals surface area (Å²) in [7, 11) is 0. The van der Waals surface area contributed by atoms with Gasteiger partial charge in [0.1, 0.15) is 36.4 Å². The molecule has 1 fully saturated rings. The van der Waals surface area contributed by atoms with Crippen LogP contribution >= 0.6 is 0 Å². The minimum Gasteiger partial charge on any atom is -0.456 e. The molecule has 41 heavy (non-hydrogen) atoms. The van der Waals surface area contributed by atoms with Gasteiger partial charge in [-0.05, 0) is 22.3 Å². The lowest BCUT2D eigenvalue weighted by atomic mass is 9.84. The zero-order valence-electron chi connectivity index (χ0n) is 22.5. The molecule has 5 rings (SSSR count). The molecule has 7 heteroatoms. The van der Waals surface area contributed by atoms with Crippen LogP contribution in [0.2, 0.25) is 0 Å². The number of ether oxygens (including phenoxy) is 3. The standard InChI is InChI=1S/C34H34O7/c35-28-29(36)33(41-34(38)27(25-17-9-3-10-18-25)26-19-11-4-12-20-26)32(40-22-24-15-7-2-8-16-24)30(37)31(28)39-21-23-13-5-1-6-14-23/h1-20,27-33,35-37H,21-22H2/t28-,29+,30-,31+,32+,33+/m0/s1. The Morgan fingerprint density at radius 1 is 0.537 bits per heavy atom. The predicted molar refractivity (Wildman–Crippen MR) is 153 cm³/mol. The Kier molecular flexibility index (Phi) is 9.56. The molecule has 4 aromatic rings. The highest BCUT2D eigenvalue weighted by atomic mass is 16.6. The summed E-state index contributed by atoms with van der Waals surface area (Å²) in [5.74, 6) is -1.43. The molecule has 0 heterocycles. The molecule has 0 aliphatic heterocycles. The van der Waals surface area contributed by atoms with Crippen LogP contribution in [-0.2, 0) is 32.2 Å². The molecule has 0 unspecified atom stereocenters. The van der Waals surface area contributed by atoms with Crippen LogP contribution in [-0.4, -0.2) is 57.9 Å². The summed E-state index contributed by atoms with van der Waals surface area (Å²) in [6, 6.07) is 37.0. The van der Waals surface area contributed by atoms with Crippen LogP contribution in [0, 0.1) is 0 Å². The summed E-state index contributed by atoms with van der Waals surface area (Å²) in [5, 5.41) is 33.7. The quantitative estimate of drug-likeness (QED) is 0.255. The zero-order chi connectivity index (χ0) is 28.6. The fraction of sp³-hybridized carbons (Fsp3) is 0.265. The maximum atomic E-state index is 13.8. The Bertz CT molecular complexity index is 1310. The third kappa shape index (κ3) is 6.90. The topological polar surface area (TPSA) is 105 Å². The van der Waals surface area contributed by atoms with E-state index in [4.69, 9.17) is 14.2 Å². The molecular formula is C34H34O7. The van der Waals surface area contributed by atoms with Gasteiger partial charge >= 0.3 is 5.97 Å². The third-order valence-electron chi connectivity index (χ3n) is 7.34. The molecule has 212 valence electrons. The molecule has 3 N–H and O–H groups in total. The summed E-state index contributed by atoms with van der Waals surface area (Å²) in [5.41, 5.74) is 3.09. The molecule has 0 amide bonds. The second kappa shape index (κ2) is 13.7. The lowest BCUT2D eigenvalue weighted by Crippen LogP contribution is -2.66. The normalized spacial score (nSPS) is 24.2. The highest BCUT2D eigenvalue weighted by molar-refractivity contribution is 5.82. The molecule has 0 aromatic heterocycles. The monoisotopic (exact) mass is 554 g/mol. The largest absolute Gasteiger partial charge is 0.456 e. The highest BCUT2D eigenvalue weighted by Gasteiger charge is 2.53. The van der Waals surface area contributed by atoms with Crippen molar-refractivity contribution < 1.29 is 34.3 Å². The van der Waals surface area contributed by atoms with Gasteiger partial charge in [-0.3, -0.25) is 4.79 Å². The first kappa shape index (κ1) is 28.7. The molecule has 7 nitrogen and oxygen atoms in total. The first-order chi connectivity index (χ1) is 20.0. The third-order valence-corrected chi connectivity index (χ3v) is 7.34. The van der Waals surface area contributed by atoms with Crippen LogP contribution in [0.5, 0.6) is 0 Å². The summed E-state index contributed by atoms with van der Waals surface area (Å²) in [6.45, 7) is 0.192. The number of benzene rings is 4. The van der Waals surface area contributed by atoms with Gasteiger partial charge in [-0.2, -0.15) is 0 Å². The number of carbonyl (C=O) groups excluding carboxylic acids is 1. The van der Waals surface area contributed by atoms with E-state index in [1.165, 1.54) is 0 Å². The number of carbonyl (C=O) groups is 1. The van der Waals surface area contributed by atoms with Crippen molar-refractivity contribution in [1.82, 2.24) is 0 Å². The zero-order valence-corrected chi connectivity index (χ0v) is 22.5. The molecule has 4 aromatic carbocycles. The maximum absolute atomic E-state index is 13.8. The minimum atomic E-state index is -1.57. The fourth-order valence-electron chi connectivity index (χ4n) is 5.18. The van der Waals surface area contributed by atoms with Crippen LogP contribution in [0.25, 0.3) is 0 Å². The maximum Gasteiger partial charge on any atom is 0.318 e. The van der Waals surface area contributed by atoms with Crippen molar-refractivity contribution in [3.63, 3.8) is 0 Å². The van der Waals surface area contributed by atoms with Crippen molar-refractivity contribution in [2.45, 2.75) is 55.8 Å². The van der Waals surface area contributed by atoms with Crippen molar-refractivity contribution in [3.8, 4) is 0 Å². The molecule has 0 saturated heterocycles. The van der Waals surface area contributed by atoms with Gasteiger partial charge in [-0.1, -0.05) is 121 Å². The van der Waals surface area contributed by atoms with Crippen LogP contribution in [0.3, 0.4) is 0 Å². The van der Waals surface area contributed by atoms with Gasteiger partial charge in [-0.15, -0.1) is 0 Å². The number of aliphatic hydroxyl groups excluding tert-OH is 3. The van der Waals surface area contributed by atoms with Gasteiger partial charge in [0.2, 0.25) is 0 Å². The SMILES string of the molecule is O=C(O[C@@H]1[C@H](O)[C@H](O)[C@@H](OCc2ccccc2)[C@H](O)[C@H]1OCc1ccccc1)C(c1ccccc1)c1ccccc1. The Morgan fingerprint density at radius 3 is 1.39 bits per heavy atom. The Balaban J connectivity index is 1.41. The molecule has 0 spiro atoms. The summed E-state index contributed by atoms with van der Waals surface area (Å²) >= 11 is 0. The molecule has 1 aliphatic carbocycles. The van der Waals surface area contributed by atoms with E-state index in [1.807, 2.05) is 121 Å². The summed E-state index contributed by atoms with van der Waals surface area (Å²) < 4.78 is 18.0. The summed E-state index contributed by atoms with van der Waals surface area (Å²) in [4.78, 5) is 13.8. The lowest BCUT2D eigenvalue weighted by molar-refractivity contribution is -0.256. The van der Waals surface area contributed by atoms with Gasteiger partial charge < -0.3 is 29.5 Å². The van der Waals surface area contributed by atoms with Gasteiger partial charge in [0.15, 0.2) is 6.10 Å². The number of rotatable bonds is 10. The van der Waals surface area contributed by atoms with Crippen molar-refractivity contribution in [2.24, 2.45) is 0 Å². The van der Waals surface area contributed by atoms with Crippen LogP contribution in [0.15, 0.2) is 121 Å². The lowest BCUT2D eigenvalue weighted by Gasteiger charge is -2.45. The van der Waals surface area contributed by atoms with E-state index in [9.17, 15) is 20.1 Å². The van der Waals surface area contributed by atoms with Crippen molar-refractivity contribution in [2.75, 3.05) is 0 Å². The van der Waals surface area contributed by atoms with Gasteiger partial charge in [0, 0.05) is 0 Å². The molecule has 0 radical (unpaired) electrons. The highest BCUT2D eigenvalue weighted by Crippen LogP contribution is 2.33. The Morgan fingerprint density at radius 2 is 0.927 bits per heavy atom. The number of aliphatic hydroxyl groups is 3. The molecule has 0 bridgehead atoms. The van der Waals surface area contributed by atoms with Crippen LogP contribution < -0.4 is 0 Å². The van der Waals surface area contributed by atoms with Gasteiger partial charge in [0.05, 0.1) is 13.2 Å². The van der Waals surface area contributed by atoms with E-state index in [-0.39, 0.29) is 13.2 Å². The smallest absolute Gasteiger partial charge is 0.318 e. The molecule has 1 aliphatic rings. The number of hydrogen-bond acceptors (Lipinski definition) is 7. The second-order valence-corrected chi connectivity index (χ2v) is 10.2. The van der Waals surface area contributed by atoms with E-state index in [0.717, 1.165) is 11.1 Å². The van der Waals surface area contributed by atoms with Crippen LogP contribution in [0.1, 0.15) is 28.2 Å². The van der Waals surface area contributed by atoms with E-state index < -0.39 is 48.5 Å². The van der Waals surface area contributed by atoms with Crippen LogP contribution in [0.4, 0.5) is 0 Å². The molecular weight excluding hydrogens is 520 g/mol. The van der Waals surface area contributed by atoms with E-state index in [1.54, 1.807) is 0 Å². The molecule has 1 saturated carbocycles. The fourth-order valence-corrected chi connectivity index (χ4v) is 5.18. The Hall–Kier alpha value is -3.85. The van der Waals surface area contributed by atoms with E-state index in [0.29, 0.717) is 11.1 Å². The number of esters is 1. The van der Waals surface area contributed by atoms with Crippen molar-refractivity contribution in [1.29, 1.82) is 0 Å². The second-order valence-electron chi connectivity index (χ2n) is 10.2. The first-order valence-corrected chi connectivity index (χ1v) is 13.7. The van der Waals surface area contributed by atoms with Gasteiger partial charge in [-0.25, -0.2) is 0 Å². The first-order valence-electron chi connectivity index (χ1n) is 13.7. The summed E-state index contributed by atoms with van der Waals surface area (Å²) in [6.07, 6.45) is -8.22. The van der Waals surface area contributed by atoms with Gasteiger partial charge in [0.25, 0.3) is 0 Å².